The van der Waals surface area contributed by atoms with Gasteiger partial charge in [-0.1, -0.05) is 54.1 Å². The lowest BCUT2D eigenvalue weighted by molar-refractivity contribution is 0.0953. The average molecular weight is 365 g/mol. The second kappa shape index (κ2) is 8.77. The van der Waals surface area contributed by atoms with E-state index in [1.165, 1.54) is 11.1 Å². The van der Waals surface area contributed by atoms with Gasteiger partial charge in [-0.15, -0.1) is 0 Å². The molecule has 3 nitrogen and oxygen atoms in total. The molecule has 0 unspecified atom stereocenters. The van der Waals surface area contributed by atoms with Crippen LogP contribution in [0.2, 0.25) is 0 Å². The zero-order valence-corrected chi connectivity index (χ0v) is 15.9. The van der Waals surface area contributed by atoms with Crippen molar-refractivity contribution in [3.8, 4) is 5.75 Å². The number of ether oxygens (including phenoxy) is 1. The van der Waals surface area contributed by atoms with Crippen molar-refractivity contribution < 1.29 is 9.53 Å². The number of methoxy groups -OCH3 is 1. The van der Waals surface area contributed by atoms with Gasteiger partial charge in [-0.3, -0.25) is 4.79 Å². The molecule has 134 valence electrons. The summed E-state index contributed by atoms with van der Waals surface area (Å²) in [4.78, 5) is 12.5. The van der Waals surface area contributed by atoms with Gasteiger partial charge < -0.3 is 10.1 Å². The van der Waals surface area contributed by atoms with E-state index in [-0.39, 0.29) is 5.91 Å². The predicted octanol–water partition coefficient (Wildman–Crippen LogP) is 4.82. The minimum atomic E-state index is -0.0937. The van der Waals surface area contributed by atoms with Gasteiger partial charge in [-0.2, -0.15) is 11.8 Å². The first-order chi connectivity index (χ1) is 12.7. The largest absolute Gasteiger partial charge is 0.496 e. The number of fused-ring (bicyclic) bond motifs is 1. The first-order valence-electron chi connectivity index (χ1n) is 8.65. The Hall–Kier alpha value is -2.46. The molecular formula is C22H23NO2S. The molecule has 0 fully saturated rings. The maximum atomic E-state index is 12.5. The van der Waals surface area contributed by atoms with E-state index in [0.29, 0.717) is 17.9 Å². The lowest BCUT2D eigenvalue weighted by atomic mass is 10.1. The fourth-order valence-electron chi connectivity index (χ4n) is 2.89. The van der Waals surface area contributed by atoms with Crippen LogP contribution in [0.15, 0.2) is 60.7 Å². The monoisotopic (exact) mass is 365 g/mol. The summed E-state index contributed by atoms with van der Waals surface area (Å²) in [5.74, 6) is 2.34. The Bertz CT molecular complexity index is 908. The Labute approximate surface area is 158 Å². The van der Waals surface area contributed by atoms with Crippen LogP contribution < -0.4 is 10.1 Å². The van der Waals surface area contributed by atoms with Gasteiger partial charge in [0.2, 0.25) is 0 Å². The molecule has 0 aliphatic carbocycles. The van der Waals surface area contributed by atoms with Crippen LogP contribution in [0.4, 0.5) is 0 Å². The summed E-state index contributed by atoms with van der Waals surface area (Å²) in [7, 11) is 1.60. The number of carbonyl (C=O) groups is 1. The van der Waals surface area contributed by atoms with Gasteiger partial charge in [0.1, 0.15) is 5.75 Å². The molecule has 4 heteroatoms. The molecule has 0 aromatic heterocycles. The van der Waals surface area contributed by atoms with Crippen LogP contribution in [0.25, 0.3) is 10.8 Å². The predicted molar refractivity (Wildman–Crippen MR) is 110 cm³/mol. The Morgan fingerprint density at radius 3 is 2.54 bits per heavy atom. The number of benzene rings is 3. The van der Waals surface area contributed by atoms with Crippen molar-refractivity contribution in [3.05, 3.63) is 77.4 Å². The van der Waals surface area contributed by atoms with E-state index < -0.39 is 0 Å². The third kappa shape index (κ3) is 4.58. The summed E-state index contributed by atoms with van der Waals surface area (Å²) in [6, 6.07) is 20.3. The number of hydrogen-bond acceptors (Lipinski definition) is 3. The minimum Gasteiger partial charge on any atom is -0.496 e. The quantitative estimate of drug-likeness (QED) is 0.610. The van der Waals surface area contributed by atoms with Gasteiger partial charge in [0.25, 0.3) is 5.91 Å². The number of aryl methyl sites for hydroxylation is 1. The van der Waals surface area contributed by atoms with Crippen molar-refractivity contribution in [2.45, 2.75) is 12.7 Å². The molecule has 3 rings (SSSR count). The Kier molecular flexibility index (Phi) is 6.18. The fraction of sp³-hybridized carbons (Fsp3) is 0.227. The minimum absolute atomic E-state index is 0.0937. The summed E-state index contributed by atoms with van der Waals surface area (Å²) in [5, 5.41) is 5.10. The van der Waals surface area contributed by atoms with Crippen LogP contribution in [0.1, 0.15) is 21.5 Å². The third-order valence-corrected chi connectivity index (χ3v) is 5.23. The van der Waals surface area contributed by atoms with Gasteiger partial charge in [0, 0.05) is 18.1 Å². The summed E-state index contributed by atoms with van der Waals surface area (Å²) in [6.07, 6.45) is 0. The molecule has 0 bridgehead atoms. The number of rotatable bonds is 7. The molecule has 0 aliphatic heterocycles. The topological polar surface area (TPSA) is 38.3 Å². The summed E-state index contributed by atoms with van der Waals surface area (Å²) in [5.41, 5.74) is 3.17. The molecule has 26 heavy (non-hydrogen) atoms. The maximum Gasteiger partial charge on any atom is 0.255 e. The number of thioether (sulfide) groups is 1. The number of amides is 1. The van der Waals surface area contributed by atoms with Crippen molar-refractivity contribution in [1.29, 1.82) is 0 Å². The Morgan fingerprint density at radius 2 is 1.81 bits per heavy atom. The molecule has 0 radical (unpaired) electrons. The highest BCUT2D eigenvalue weighted by Gasteiger charge is 2.13. The smallest absolute Gasteiger partial charge is 0.255 e. The normalized spacial score (nSPS) is 10.7. The number of hydrogen-bond donors (Lipinski definition) is 1. The van der Waals surface area contributed by atoms with Crippen molar-refractivity contribution in [1.82, 2.24) is 5.32 Å². The van der Waals surface area contributed by atoms with Gasteiger partial charge in [0.15, 0.2) is 0 Å². The molecule has 0 heterocycles. The molecule has 0 atom stereocenters. The van der Waals surface area contributed by atoms with E-state index in [0.717, 1.165) is 22.3 Å². The zero-order valence-electron chi connectivity index (χ0n) is 15.1. The van der Waals surface area contributed by atoms with Crippen molar-refractivity contribution in [2.75, 3.05) is 19.4 Å². The lowest BCUT2D eigenvalue weighted by Crippen LogP contribution is -2.26. The summed E-state index contributed by atoms with van der Waals surface area (Å²) >= 11 is 1.82. The number of nitrogens with one attached hydrogen (secondary N) is 1. The first kappa shape index (κ1) is 18.3. The van der Waals surface area contributed by atoms with Gasteiger partial charge in [-0.05, 0) is 35.4 Å². The van der Waals surface area contributed by atoms with E-state index in [1.54, 1.807) is 7.11 Å². The first-order valence-corrected chi connectivity index (χ1v) is 9.81. The zero-order chi connectivity index (χ0) is 18.4. The molecule has 0 aliphatic rings. The van der Waals surface area contributed by atoms with E-state index in [4.69, 9.17) is 4.74 Å². The van der Waals surface area contributed by atoms with Crippen LogP contribution in [-0.4, -0.2) is 25.3 Å². The summed E-state index contributed by atoms with van der Waals surface area (Å²) in [6.45, 7) is 2.73. The van der Waals surface area contributed by atoms with Gasteiger partial charge in [0.05, 0.1) is 12.7 Å². The fourth-order valence-corrected chi connectivity index (χ4v) is 3.70. The van der Waals surface area contributed by atoms with Gasteiger partial charge in [-0.25, -0.2) is 0 Å². The van der Waals surface area contributed by atoms with E-state index in [9.17, 15) is 4.79 Å². The van der Waals surface area contributed by atoms with Crippen LogP contribution >= 0.6 is 11.8 Å². The summed E-state index contributed by atoms with van der Waals surface area (Å²) < 4.78 is 5.41. The van der Waals surface area contributed by atoms with Gasteiger partial charge >= 0.3 is 0 Å². The second-order valence-corrected chi connectivity index (χ2v) is 7.30. The Balaban J connectivity index is 1.55. The van der Waals surface area contributed by atoms with Crippen LogP contribution in [0, 0.1) is 6.92 Å². The molecule has 0 saturated carbocycles. The number of carbonyl (C=O) groups excluding carboxylic acids is 1. The molecule has 1 amide bonds. The highest BCUT2D eigenvalue weighted by Crippen LogP contribution is 2.25. The molecule has 0 spiro atoms. The van der Waals surface area contributed by atoms with Crippen molar-refractivity contribution >= 4 is 28.4 Å². The molecule has 3 aromatic rings. The van der Waals surface area contributed by atoms with E-state index in [1.807, 2.05) is 48.2 Å². The van der Waals surface area contributed by atoms with E-state index in [2.05, 4.69) is 36.5 Å². The van der Waals surface area contributed by atoms with Crippen LogP contribution in [0.3, 0.4) is 0 Å². The second-order valence-electron chi connectivity index (χ2n) is 6.20. The van der Waals surface area contributed by atoms with Crippen molar-refractivity contribution in [2.24, 2.45) is 0 Å². The molecule has 1 N–H and O–H groups in total. The average Bonchev–Trinajstić information content (AvgIpc) is 2.66. The molecular weight excluding hydrogens is 342 g/mol. The highest BCUT2D eigenvalue weighted by molar-refractivity contribution is 7.98. The molecule has 3 aromatic carbocycles. The SMILES string of the molecule is COc1cc2ccccc2cc1C(=O)NCCSCc1cccc(C)c1. The van der Waals surface area contributed by atoms with E-state index >= 15 is 0 Å². The lowest BCUT2D eigenvalue weighted by Gasteiger charge is -2.11. The third-order valence-electron chi connectivity index (χ3n) is 4.20. The van der Waals surface area contributed by atoms with Crippen LogP contribution in [0.5, 0.6) is 5.75 Å². The Morgan fingerprint density at radius 1 is 1.04 bits per heavy atom. The van der Waals surface area contributed by atoms with Crippen LogP contribution in [-0.2, 0) is 5.75 Å². The standard InChI is InChI=1S/C22H23NO2S/c1-16-6-5-7-17(12-16)15-26-11-10-23-22(24)20-13-18-8-3-4-9-19(18)14-21(20)25-2/h3-9,12-14H,10-11,15H2,1-2H3,(H,23,24). The highest BCUT2D eigenvalue weighted by atomic mass is 32.2. The van der Waals surface area contributed by atoms with Crippen molar-refractivity contribution in [3.63, 3.8) is 0 Å². The molecule has 0 saturated heterocycles. The maximum absolute atomic E-state index is 12.5.